The highest BCUT2D eigenvalue weighted by atomic mass is 16.6. The lowest BCUT2D eigenvalue weighted by Gasteiger charge is -2.18. The summed E-state index contributed by atoms with van der Waals surface area (Å²) in [6, 6.07) is 0. The Morgan fingerprint density at radius 3 is 0.857 bits per heavy atom. The fourth-order valence-electron chi connectivity index (χ4n) is 8.78. The van der Waals surface area contributed by atoms with Crippen molar-refractivity contribution in [2.24, 2.45) is 0 Å². The average molecular weight is 1070 g/mol. The Balaban J connectivity index is 4.09. The molecule has 0 aromatic rings. The summed E-state index contributed by atoms with van der Waals surface area (Å²) < 4.78 is 16.7. The molecule has 0 fully saturated rings. The largest absolute Gasteiger partial charge is 0.462 e. The number of hydrogen-bond acceptors (Lipinski definition) is 6. The van der Waals surface area contributed by atoms with Crippen molar-refractivity contribution in [1.29, 1.82) is 0 Å². The van der Waals surface area contributed by atoms with Crippen LogP contribution in [0, 0.1) is 0 Å². The highest BCUT2D eigenvalue weighted by Gasteiger charge is 2.19. The van der Waals surface area contributed by atoms with E-state index in [1.165, 1.54) is 148 Å². The van der Waals surface area contributed by atoms with Gasteiger partial charge in [-0.25, -0.2) is 0 Å². The average Bonchev–Trinajstić information content (AvgIpc) is 3.43. The van der Waals surface area contributed by atoms with Gasteiger partial charge >= 0.3 is 17.9 Å². The number of ether oxygens (including phenoxy) is 3. The lowest BCUT2D eigenvalue weighted by molar-refractivity contribution is -0.166. The van der Waals surface area contributed by atoms with Gasteiger partial charge in [0.05, 0.1) is 6.42 Å². The van der Waals surface area contributed by atoms with E-state index in [9.17, 15) is 14.4 Å². The normalized spacial score (nSPS) is 12.9. The Hall–Kier alpha value is -4.19. The molecule has 0 radical (unpaired) electrons. The van der Waals surface area contributed by atoms with Crippen molar-refractivity contribution in [2.45, 2.75) is 297 Å². The van der Waals surface area contributed by atoms with Gasteiger partial charge in [0.25, 0.3) is 0 Å². The molecule has 0 spiro atoms. The molecule has 438 valence electrons. The van der Waals surface area contributed by atoms with Crippen molar-refractivity contribution in [3.8, 4) is 0 Å². The van der Waals surface area contributed by atoms with E-state index >= 15 is 0 Å². The summed E-state index contributed by atoms with van der Waals surface area (Å²) in [7, 11) is 0. The Labute approximate surface area is 475 Å². The molecule has 77 heavy (non-hydrogen) atoms. The Kier molecular flexibility index (Phi) is 60.8. The molecule has 1 atom stereocenters. The molecule has 0 saturated carbocycles. The quantitative estimate of drug-likeness (QED) is 0.0261. The molecule has 0 rings (SSSR count). The molecule has 6 heteroatoms. The highest BCUT2D eigenvalue weighted by molar-refractivity contribution is 5.72. The van der Waals surface area contributed by atoms with Gasteiger partial charge < -0.3 is 14.2 Å². The van der Waals surface area contributed by atoms with Crippen LogP contribution in [0.4, 0.5) is 0 Å². The minimum atomic E-state index is -0.830. The summed E-state index contributed by atoms with van der Waals surface area (Å²) in [5.74, 6) is -1.04. The number of rotatable bonds is 57. The Morgan fingerprint density at radius 1 is 0.286 bits per heavy atom. The van der Waals surface area contributed by atoms with Crippen molar-refractivity contribution in [3.63, 3.8) is 0 Å². The van der Waals surface area contributed by atoms with E-state index < -0.39 is 12.1 Å². The molecule has 0 aromatic carbocycles. The zero-order chi connectivity index (χ0) is 55.7. The van der Waals surface area contributed by atoms with Gasteiger partial charge in [0.15, 0.2) is 6.10 Å². The van der Waals surface area contributed by atoms with Crippen LogP contribution in [0.2, 0.25) is 0 Å². The molecule has 0 aromatic heterocycles. The number of hydrogen-bond donors (Lipinski definition) is 0. The predicted molar refractivity (Wildman–Crippen MR) is 334 cm³/mol. The maximum atomic E-state index is 12.8. The van der Waals surface area contributed by atoms with Gasteiger partial charge in [0.1, 0.15) is 13.2 Å². The number of carbonyl (C=O) groups is 3. The molecule has 0 amide bonds. The standard InChI is InChI=1S/C71H118O6/c1-4-7-10-13-16-19-21-23-25-26-27-28-29-30-31-32-33-34-35-36-37-38-39-40-41-42-43-44-46-47-49-52-55-58-61-64-70(73)76-67-68(66-75-69(72)63-60-57-54-51-18-15-12-9-6-3)77-71(74)65-62-59-56-53-50-48-45-24-22-20-17-14-11-8-5-2/h7-8,10-11,16-17,19-20,23-25,27-28,30-31,45,50,53,59,62,68H,4-6,9,12-15,18,21-22,26,29,32-44,46-49,51-52,54-58,60-61,63-67H2,1-3H3/b10-7-,11-8-,19-16-,20-17-,25-23-,28-27-,31-30-,45-24-,53-50-,62-59-. The van der Waals surface area contributed by atoms with E-state index in [1.54, 1.807) is 6.08 Å². The molecule has 0 saturated heterocycles. The third-order valence-electron chi connectivity index (χ3n) is 13.5. The van der Waals surface area contributed by atoms with Gasteiger partial charge in [-0.15, -0.1) is 0 Å². The predicted octanol–water partition coefficient (Wildman–Crippen LogP) is 22.0. The molecule has 0 bridgehead atoms. The zero-order valence-corrected chi connectivity index (χ0v) is 50.2. The van der Waals surface area contributed by atoms with E-state index in [4.69, 9.17) is 14.2 Å². The summed E-state index contributed by atoms with van der Waals surface area (Å²) in [6.45, 7) is 6.32. The number of esters is 3. The Morgan fingerprint density at radius 2 is 0.545 bits per heavy atom. The van der Waals surface area contributed by atoms with Gasteiger partial charge in [-0.3, -0.25) is 14.4 Å². The van der Waals surface area contributed by atoms with Gasteiger partial charge in [-0.1, -0.05) is 303 Å². The molecule has 0 aliphatic heterocycles. The zero-order valence-electron chi connectivity index (χ0n) is 50.2. The molecule has 0 aliphatic rings. The summed E-state index contributed by atoms with van der Waals surface area (Å²) >= 11 is 0. The first kappa shape index (κ1) is 72.8. The molecular weight excluding hydrogens is 949 g/mol. The van der Waals surface area contributed by atoms with Crippen LogP contribution in [-0.2, 0) is 28.6 Å². The van der Waals surface area contributed by atoms with Gasteiger partial charge in [0, 0.05) is 12.8 Å². The van der Waals surface area contributed by atoms with Crippen LogP contribution in [0.1, 0.15) is 290 Å². The molecule has 0 heterocycles. The van der Waals surface area contributed by atoms with Crippen molar-refractivity contribution >= 4 is 17.9 Å². The van der Waals surface area contributed by atoms with Crippen molar-refractivity contribution in [2.75, 3.05) is 13.2 Å². The first-order chi connectivity index (χ1) is 38.0. The summed E-state index contributed by atoms with van der Waals surface area (Å²) in [6.07, 6.45) is 89.8. The van der Waals surface area contributed by atoms with Crippen LogP contribution in [0.5, 0.6) is 0 Å². The van der Waals surface area contributed by atoms with E-state index in [-0.39, 0.29) is 31.6 Å². The maximum Gasteiger partial charge on any atom is 0.310 e. The number of unbranched alkanes of at least 4 members (excludes halogenated alkanes) is 27. The van der Waals surface area contributed by atoms with Gasteiger partial charge in [0.2, 0.25) is 0 Å². The van der Waals surface area contributed by atoms with E-state index in [0.717, 1.165) is 103 Å². The maximum absolute atomic E-state index is 12.8. The second kappa shape index (κ2) is 64.3. The van der Waals surface area contributed by atoms with E-state index in [0.29, 0.717) is 12.8 Å². The third-order valence-corrected chi connectivity index (χ3v) is 13.5. The first-order valence-electron chi connectivity index (χ1n) is 32.0. The topological polar surface area (TPSA) is 78.9 Å². The Bertz CT molecular complexity index is 1600. The lowest BCUT2D eigenvalue weighted by Crippen LogP contribution is -2.30. The van der Waals surface area contributed by atoms with Gasteiger partial charge in [-0.05, 0) is 89.9 Å². The van der Waals surface area contributed by atoms with Crippen molar-refractivity contribution in [1.82, 2.24) is 0 Å². The summed E-state index contributed by atoms with van der Waals surface area (Å²) in [4.78, 5) is 38.0. The summed E-state index contributed by atoms with van der Waals surface area (Å²) in [5, 5.41) is 0. The minimum absolute atomic E-state index is 0.0971. The van der Waals surface area contributed by atoms with Crippen molar-refractivity contribution in [3.05, 3.63) is 122 Å². The molecular formula is C71H118O6. The van der Waals surface area contributed by atoms with E-state index in [1.807, 2.05) is 6.08 Å². The SMILES string of the molecule is CC/C=C\C/C=C\C/C=C\C/C=C\C/C=C\CCCCCCCCCCCCCCCCCCCCCC(=O)OCC(COC(=O)CCCCCCCCCCC)OC(=O)C/C=C\C/C=C\C/C=C\C/C=C\C/C=C\CC. The molecule has 0 aliphatic carbocycles. The van der Waals surface area contributed by atoms with Crippen LogP contribution >= 0.6 is 0 Å². The monoisotopic (exact) mass is 1070 g/mol. The van der Waals surface area contributed by atoms with Crippen LogP contribution in [0.25, 0.3) is 0 Å². The van der Waals surface area contributed by atoms with Crippen LogP contribution < -0.4 is 0 Å². The number of allylic oxidation sites excluding steroid dienone is 19. The second-order valence-electron chi connectivity index (χ2n) is 20.9. The van der Waals surface area contributed by atoms with Crippen LogP contribution in [0.15, 0.2) is 122 Å². The molecule has 1 unspecified atom stereocenters. The second-order valence-corrected chi connectivity index (χ2v) is 20.9. The van der Waals surface area contributed by atoms with E-state index in [2.05, 4.69) is 130 Å². The van der Waals surface area contributed by atoms with Crippen LogP contribution in [0.3, 0.4) is 0 Å². The fourth-order valence-corrected chi connectivity index (χ4v) is 8.78. The van der Waals surface area contributed by atoms with Crippen molar-refractivity contribution < 1.29 is 28.6 Å². The third kappa shape index (κ3) is 62.5. The summed E-state index contributed by atoms with van der Waals surface area (Å²) in [5.41, 5.74) is 0. The minimum Gasteiger partial charge on any atom is -0.462 e. The smallest absolute Gasteiger partial charge is 0.310 e. The molecule has 6 nitrogen and oxygen atoms in total. The highest BCUT2D eigenvalue weighted by Crippen LogP contribution is 2.16. The fraction of sp³-hybridized carbons (Fsp3) is 0.676. The molecule has 0 N–H and O–H groups in total. The van der Waals surface area contributed by atoms with Gasteiger partial charge in [-0.2, -0.15) is 0 Å². The number of carbonyl (C=O) groups excluding carboxylic acids is 3. The first-order valence-corrected chi connectivity index (χ1v) is 32.0. The lowest BCUT2D eigenvalue weighted by atomic mass is 10.0. The van der Waals surface area contributed by atoms with Crippen LogP contribution in [-0.4, -0.2) is 37.2 Å².